The molecule has 2 fully saturated rings. The average Bonchev–Trinajstić information content (AvgIpc) is 3.62. The Bertz CT molecular complexity index is 1140. The summed E-state index contributed by atoms with van der Waals surface area (Å²) in [6, 6.07) is 8.03. The maximum absolute atomic E-state index is 13.1. The molecule has 13 heteroatoms. The van der Waals surface area contributed by atoms with Gasteiger partial charge in [0, 0.05) is 30.4 Å². The molecule has 1 aliphatic heterocycles. The molecular formula is C21H24F2N4O6S. The summed E-state index contributed by atoms with van der Waals surface area (Å²) in [5.74, 6) is 0.284. The number of carboxylic acid groups (broad SMARTS) is 1. The lowest BCUT2D eigenvalue weighted by molar-refractivity contribution is -0.123. The average molecular weight is 499 g/mol. The summed E-state index contributed by atoms with van der Waals surface area (Å²) in [6.07, 6.45) is -0.549. The third kappa shape index (κ3) is 5.26. The van der Waals surface area contributed by atoms with Gasteiger partial charge >= 0.3 is 12.7 Å². The molecule has 10 nitrogen and oxygen atoms in total. The van der Waals surface area contributed by atoms with Crippen LogP contribution in [-0.2, 0) is 24.1 Å². The van der Waals surface area contributed by atoms with Crippen LogP contribution < -0.4 is 10.2 Å². The summed E-state index contributed by atoms with van der Waals surface area (Å²) in [5, 5.41) is 11.1. The maximum Gasteiger partial charge on any atom is 0.409 e. The van der Waals surface area contributed by atoms with Gasteiger partial charge in [-0.25, -0.2) is 23.2 Å². The highest BCUT2D eigenvalue weighted by Crippen LogP contribution is 2.53. The first-order chi connectivity index (χ1) is 16.2. The zero-order valence-electron chi connectivity index (χ0n) is 18.1. The van der Waals surface area contributed by atoms with Gasteiger partial charge in [-0.05, 0) is 37.1 Å². The van der Waals surface area contributed by atoms with Crippen LogP contribution in [0.1, 0.15) is 18.5 Å². The first kappa shape index (κ1) is 24.2. The summed E-state index contributed by atoms with van der Waals surface area (Å²) in [6.45, 7) is -1.51. The molecule has 2 aromatic rings. The van der Waals surface area contributed by atoms with Crippen LogP contribution in [0.15, 0.2) is 30.3 Å². The van der Waals surface area contributed by atoms with Gasteiger partial charge in [0.1, 0.15) is 10.6 Å². The standard InChI is InChI=1S/C21H24F2N4O6S/c22-19(23)33-11-12-34(30,31)21(5-6-21)16-13-17(27-7-9-32-10-8-27)26-18(25-16)14-1-3-15(4-2-14)24-20(28)29/h1-4,13,19,24H,5-12H2,(H,28,29). The number of alkyl halides is 2. The molecule has 0 atom stereocenters. The van der Waals surface area contributed by atoms with E-state index in [2.05, 4.69) is 20.0 Å². The van der Waals surface area contributed by atoms with Crippen LogP contribution in [0.25, 0.3) is 11.4 Å². The minimum Gasteiger partial charge on any atom is -0.465 e. The summed E-state index contributed by atoms with van der Waals surface area (Å²) in [4.78, 5) is 22.0. The molecule has 1 saturated heterocycles. The van der Waals surface area contributed by atoms with E-state index in [-0.39, 0.29) is 5.82 Å². The Morgan fingerprint density at radius 2 is 1.88 bits per heavy atom. The summed E-state index contributed by atoms with van der Waals surface area (Å²) < 4.78 is 59.2. The Labute approximate surface area is 194 Å². The first-order valence-corrected chi connectivity index (χ1v) is 12.3. The number of halogens is 2. The van der Waals surface area contributed by atoms with E-state index < -0.39 is 39.6 Å². The van der Waals surface area contributed by atoms with Crippen LogP contribution >= 0.6 is 0 Å². The number of sulfone groups is 1. The SMILES string of the molecule is O=C(O)Nc1ccc(-c2nc(N3CCOCC3)cc(C3(S(=O)(=O)CCOC(F)F)CC3)n2)cc1. The molecule has 2 N–H and O–H groups in total. The lowest BCUT2D eigenvalue weighted by Gasteiger charge is -2.29. The fraction of sp³-hybridized carbons (Fsp3) is 0.476. The van der Waals surface area contributed by atoms with Crippen molar-refractivity contribution in [3.63, 3.8) is 0 Å². The molecule has 2 aliphatic rings. The number of ether oxygens (including phenoxy) is 2. The molecule has 0 radical (unpaired) electrons. The van der Waals surface area contributed by atoms with Crippen molar-refractivity contribution in [2.45, 2.75) is 24.2 Å². The van der Waals surface area contributed by atoms with Gasteiger partial charge in [-0.3, -0.25) is 5.32 Å². The molecule has 0 bridgehead atoms. The first-order valence-electron chi connectivity index (χ1n) is 10.6. The lowest BCUT2D eigenvalue weighted by atomic mass is 10.1. The Morgan fingerprint density at radius 3 is 2.47 bits per heavy atom. The summed E-state index contributed by atoms with van der Waals surface area (Å²) in [5.41, 5.74) is 1.24. The van der Waals surface area contributed by atoms with Crippen LogP contribution in [-0.4, -0.2) is 74.9 Å². The van der Waals surface area contributed by atoms with Gasteiger partial charge in [-0.2, -0.15) is 8.78 Å². The lowest BCUT2D eigenvalue weighted by Crippen LogP contribution is -2.37. The number of amides is 1. The Hall–Kier alpha value is -2.90. The van der Waals surface area contributed by atoms with Crippen molar-refractivity contribution in [1.29, 1.82) is 0 Å². The van der Waals surface area contributed by atoms with Crippen molar-refractivity contribution < 1.29 is 36.6 Å². The van der Waals surface area contributed by atoms with Crippen LogP contribution in [0.5, 0.6) is 0 Å². The zero-order chi connectivity index (χ0) is 24.3. The van der Waals surface area contributed by atoms with Crippen molar-refractivity contribution in [3.8, 4) is 11.4 Å². The van der Waals surface area contributed by atoms with Gasteiger partial charge < -0.3 is 19.5 Å². The van der Waals surface area contributed by atoms with Gasteiger partial charge in [0.15, 0.2) is 15.7 Å². The van der Waals surface area contributed by atoms with E-state index in [1.165, 1.54) is 0 Å². The van der Waals surface area contributed by atoms with Crippen LogP contribution in [0.4, 0.5) is 25.1 Å². The van der Waals surface area contributed by atoms with E-state index in [1.807, 2.05) is 4.90 Å². The highest BCUT2D eigenvalue weighted by Gasteiger charge is 2.57. The van der Waals surface area contributed by atoms with Gasteiger partial charge in [0.25, 0.3) is 0 Å². The normalized spacial score (nSPS) is 17.6. The number of nitrogens with zero attached hydrogens (tertiary/aromatic N) is 3. The van der Waals surface area contributed by atoms with Crippen LogP contribution in [0, 0.1) is 0 Å². The molecule has 0 spiro atoms. The molecular weight excluding hydrogens is 474 g/mol. The van der Waals surface area contributed by atoms with Crippen molar-refractivity contribution in [1.82, 2.24) is 9.97 Å². The second-order valence-corrected chi connectivity index (χ2v) is 10.4. The fourth-order valence-corrected chi connectivity index (χ4v) is 5.71. The number of carbonyl (C=O) groups is 1. The van der Waals surface area contributed by atoms with Gasteiger partial charge in [0.2, 0.25) is 0 Å². The highest BCUT2D eigenvalue weighted by atomic mass is 32.2. The Kier molecular flexibility index (Phi) is 6.96. The maximum atomic E-state index is 13.1. The van der Waals surface area contributed by atoms with Crippen molar-refractivity contribution in [2.75, 3.05) is 48.9 Å². The zero-order valence-corrected chi connectivity index (χ0v) is 18.9. The van der Waals surface area contributed by atoms with Gasteiger partial charge in [0.05, 0.1) is 31.3 Å². The fourth-order valence-electron chi connectivity index (χ4n) is 3.86. The van der Waals surface area contributed by atoms with Gasteiger partial charge in [-0.15, -0.1) is 0 Å². The molecule has 1 aromatic carbocycles. The molecule has 1 saturated carbocycles. The minimum atomic E-state index is -3.83. The summed E-state index contributed by atoms with van der Waals surface area (Å²) in [7, 11) is -3.83. The van der Waals surface area contributed by atoms with E-state index in [9.17, 15) is 22.0 Å². The van der Waals surface area contributed by atoms with Gasteiger partial charge in [-0.1, -0.05) is 0 Å². The molecule has 34 heavy (non-hydrogen) atoms. The van der Waals surface area contributed by atoms with Crippen molar-refractivity contribution in [2.24, 2.45) is 0 Å². The quantitative estimate of drug-likeness (QED) is 0.536. The number of hydrogen-bond donors (Lipinski definition) is 2. The molecule has 4 rings (SSSR count). The smallest absolute Gasteiger partial charge is 0.409 e. The third-order valence-corrected chi connectivity index (χ3v) is 8.32. The number of nitrogens with one attached hydrogen (secondary N) is 1. The van der Waals surface area contributed by atoms with E-state index in [1.54, 1.807) is 30.3 Å². The molecule has 1 aliphatic carbocycles. The second-order valence-electron chi connectivity index (χ2n) is 7.99. The predicted octanol–water partition coefficient (Wildman–Crippen LogP) is 2.71. The molecule has 1 aromatic heterocycles. The number of morpholine rings is 1. The Morgan fingerprint density at radius 1 is 1.21 bits per heavy atom. The van der Waals surface area contributed by atoms with Crippen molar-refractivity contribution >= 4 is 27.4 Å². The van der Waals surface area contributed by atoms with Crippen LogP contribution in [0.3, 0.4) is 0 Å². The molecule has 2 heterocycles. The molecule has 0 unspecified atom stereocenters. The number of aromatic nitrogens is 2. The summed E-state index contributed by atoms with van der Waals surface area (Å²) >= 11 is 0. The topological polar surface area (TPSA) is 131 Å². The largest absolute Gasteiger partial charge is 0.465 e. The second kappa shape index (κ2) is 9.76. The van der Waals surface area contributed by atoms with Crippen LogP contribution in [0.2, 0.25) is 0 Å². The molecule has 184 valence electrons. The minimum absolute atomic E-state index is 0.283. The third-order valence-electron chi connectivity index (χ3n) is 5.80. The predicted molar refractivity (Wildman–Crippen MR) is 119 cm³/mol. The monoisotopic (exact) mass is 498 g/mol. The number of rotatable bonds is 9. The molecule has 1 amide bonds. The number of hydrogen-bond acceptors (Lipinski definition) is 8. The van der Waals surface area contributed by atoms with E-state index >= 15 is 0 Å². The number of anilines is 2. The highest BCUT2D eigenvalue weighted by molar-refractivity contribution is 7.92. The van der Waals surface area contributed by atoms with E-state index in [4.69, 9.17) is 9.84 Å². The Balaban J connectivity index is 1.70. The van der Waals surface area contributed by atoms with E-state index in [0.717, 1.165) is 0 Å². The van der Waals surface area contributed by atoms with Crippen molar-refractivity contribution in [3.05, 3.63) is 36.0 Å². The van der Waals surface area contributed by atoms with E-state index in [0.29, 0.717) is 61.9 Å². The number of benzene rings is 1.